The maximum Gasteiger partial charge on any atom is 0.251 e. The Balaban J connectivity index is 1.60. The maximum atomic E-state index is 12.6. The summed E-state index contributed by atoms with van der Waals surface area (Å²) in [5.74, 6) is 1.07. The summed E-state index contributed by atoms with van der Waals surface area (Å²) in [5.41, 5.74) is 2.54. The molecule has 0 unspecified atom stereocenters. The summed E-state index contributed by atoms with van der Waals surface area (Å²) in [6.45, 7) is 1.94. The summed E-state index contributed by atoms with van der Waals surface area (Å²) in [4.78, 5) is 24.6. The highest BCUT2D eigenvalue weighted by Crippen LogP contribution is 2.40. The Morgan fingerprint density at radius 1 is 1.30 bits per heavy atom. The fourth-order valence-electron chi connectivity index (χ4n) is 2.85. The number of hydrogen-bond acceptors (Lipinski definition) is 3. The fourth-order valence-corrected chi connectivity index (χ4v) is 2.85. The predicted molar refractivity (Wildman–Crippen MR) is 88.0 cm³/mol. The molecular formula is C18H18N4O. The van der Waals surface area contributed by atoms with Crippen LogP contribution >= 0.6 is 0 Å². The van der Waals surface area contributed by atoms with E-state index in [1.807, 2.05) is 43.5 Å². The number of hydrogen-bond donors (Lipinski definition) is 2. The van der Waals surface area contributed by atoms with E-state index in [0.29, 0.717) is 17.3 Å². The maximum absolute atomic E-state index is 12.6. The van der Waals surface area contributed by atoms with E-state index in [-0.39, 0.29) is 11.9 Å². The number of nitrogens with zero attached hydrogens (tertiary/aromatic N) is 2. The van der Waals surface area contributed by atoms with Gasteiger partial charge in [0.25, 0.3) is 5.91 Å². The number of carbonyl (C=O) groups excluding carboxylic acids is 1. The van der Waals surface area contributed by atoms with Gasteiger partial charge in [0, 0.05) is 29.2 Å². The molecule has 1 aliphatic rings. The number of aromatic amines is 1. The molecule has 1 aromatic carbocycles. The summed E-state index contributed by atoms with van der Waals surface area (Å²) in [7, 11) is 0. The molecule has 0 saturated heterocycles. The van der Waals surface area contributed by atoms with E-state index in [9.17, 15) is 4.79 Å². The molecule has 0 spiro atoms. The molecule has 5 nitrogen and oxygen atoms in total. The van der Waals surface area contributed by atoms with E-state index in [2.05, 4.69) is 20.3 Å². The monoisotopic (exact) mass is 306 g/mol. The van der Waals surface area contributed by atoms with E-state index in [4.69, 9.17) is 0 Å². The van der Waals surface area contributed by atoms with Crippen molar-refractivity contribution < 1.29 is 4.79 Å². The van der Waals surface area contributed by atoms with E-state index in [0.717, 1.165) is 29.4 Å². The summed E-state index contributed by atoms with van der Waals surface area (Å²) in [6, 6.07) is 9.44. The summed E-state index contributed by atoms with van der Waals surface area (Å²) in [5, 5.41) is 4.22. The van der Waals surface area contributed by atoms with Gasteiger partial charge in [-0.15, -0.1) is 0 Å². The number of H-pyrrole nitrogens is 1. The molecule has 23 heavy (non-hydrogen) atoms. The molecule has 2 heterocycles. The highest BCUT2D eigenvalue weighted by atomic mass is 16.1. The number of aromatic nitrogens is 3. The van der Waals surface area contributed by atoms with Crippen LogP contribution in [-0.4, -0.2) is 20.9 Å². The van der Waals surface area contributed by atoms with Gasteiger partial charge in [-0.2, -0.15) is 0 Å². The third-order valence-corrected chi connectivity index (χ3v) is 4.29. The van der Waals surface area contributed by atoms with Gasteiger partial charge in [0.05, 0.1) is 6.04 Å². The molecular weight excluding hydrogens is 288 g/mol. The van der Waals surface area contributed by atoms with Crippen molar-refractivity contribution in [1.29, 1.82) is 0 Å². The van der Waals surface area contributed by atoms with E-state index in [1.165, 1.54) is 0 Å². The molecule has 0 radical (unpaired) electrons. The number of fused-ring (bicyclic) bond motifs is 1. The van der Waals surface area contributed by atoms with Crippen LogP contribution in [0.2, 0.25) is 0 Å². The second-order valence-electron chi connectivity index (χ2n) is 6.12. The lowest BCUT2D eigenvalue weighted by atomic mass is 10.1. The van der Waals surface area contributed by atoms with E-state index >= 15 is 0 Å². The van der Waals surface area contributed by atoms with Gasteiger partial charge in [0.2, 0.25) is 0 Å². The topological polar surface area (TPSA) is 70.7 Å². The van der Waals surface area contributed by atoms with Crippen LogP contribution in [-0.2, 0) is 0 Å². The SMILES string of the molecule is Cc1ccnc([C@@H](NC(=O)c2ccc3cc[nH]c3c2)C2CC2)n1. The molecule has 4 rings (SSSR count). The standard InChI is InChI=1S/C18H18N4O/c1-11-6-8-20-17(21-11)16(13-3-4-13)22-18(23)14-5-2-12-7-9-19-15(12)10-14/h2,5-10,13,16,19H,3-4H2,1H3,(H,22,23)/t16-/m0/s1. The van der Waals surface area contributed by atoms with Crippen LogP contribution < -0.4 is 5.32 Å². The average Bonchev–Trinajstić information content (AvgIpc) is 3.28. The Morgan fingerprint density at radius 2 is 2.17 bits per heavy atom. The van der Waals surface area contributed by atoms with E-state index < -0.39 is 0 Å². The molecule has 0 aliphatic heterocycles. The molecule has 1 fully saturated rings. The first kappa shape index (κ1) is 13.9. The molecule has 2 N–H and O–H groups in total. The smallest absolute Gasteiger partial charge is 0.251 e. The van der Waals surface area contributed by atoms with Crippen molar-refractivity contribution in [3.8, 4) is 0 Å². The number of amides is 1. The lowest BCUT2D eigenvalue weighted by Crippen LogP contribution is -2.31. The van der Waals surface area contributed by atoms with Crippen molar-refractivity contribution in [2.24, 2.45) is 5.92 Å². The fraction of sp³-hybridized carbons (Fsp3) is 0.278. The molecule has 0 bridgehead atoms. The lowest BCUT2D eigenvalue weighted by Gasteiger charge is -2.17. The molecule has 2 aromatic heterocycles. The van der Waals surface area contributed by atoms with Gasteiger partial charge in [-0.05, 0) is 55.3 Å². The Hall–Kier alpha value is -2.69. The minimum Gasteiger partial charge on any atom is -0.361 e. The Morgan fingerprint density at radius 3 is 2.96 bits per heavy atom. The van der Waals surface area contributed by atoms with Crippen LogP contribution in [0.25, 0.3) is 10.9 Å². The third kappa shape index (κ3) is 2.82. The lowest BCUT2D eigenvalue weighted by molar-refractivity contribution is 0.0929. The summed E-state index contributed by atoms with van der Waals surface area (Å²) < 4.78 is 0. The first-order chi connectivity index (χ1) is 11.2. The van der Waals surface area contributed by atoms with Gasteiger partial charge >= 0.3 is 0 Å². The highest BCUT2D eigenvalue weighted by molar-refractivity contribution is 5.98. The van der Waals surface area contributed by atoms with Crippen molar-refractivity contribution in [2.45, 2.75) is 25.8 Å². The zero-order chi connectivity index (χ0) is 15.8. The minimum atomic E-state index is -0.110. The van der Waals surface area contributed by atoms with Gasteiger partial charge in [0.15, 0.2) is 5.82 Å². The number of aryl methyl sites for hydroxylation is 1. The highest BCUT2D eigenvalue weighted by Gasteiger charge is 2.35. The van der Waals surface area contributed by atoms with Crippen molar-refractivity contribution in [1.82, 2.24) is 20.3 Å². The molecule has 3 aromatic rings. The first-order valence-corrected chi connectivity index (χ1v) is 7.88. The Bertz CT molecular complexity index is 866. The summed E-state index contributed by atoms with van der Waals surface area (Å²) >= 11 is 0. The van der Waals surface area contributed by atoms with Crippen LogP contribution in [0.3, 0.4) is 0 Å². The molecule has 116 valence electrons. The van der Waals surface area contributed by atoms with Gasteiger partial charge in [-0.1, -0.05) is 6.07 Å². The second kappa shape index (κ2) is 5.50. The van der Waals surface area contributed by atoms with Gasteiger partial charge in [0.1, 0.15) is 0 Å². The Labute approximate surface area is 134 Å². The van der Waals surface area contributed by atoms with Crippen LogP contribution in [0.1, 0.15) is 40.8 Å². The third-order valence-electron chi connectivity index (χ3n) is 4.29. The van der Waals surface area contributed by atoms with Crippen LogP contribution in [0.4, 0.5) is 0 Å². The normalized spacial score (nSPS) is 15.5. The molecule has 1 aliphatic carbocycles. The minimum absolute atomic E-state index is 0.0801. The second-order valence-corrected chi connectivity index (χ2v) is 6.12. The molecule has 1 saturated carbocycles. The molecule has 1 amide bonds. The number of nitrogens with one attached hydrogen (secondary N) is 2. The summed E-state index contributed by atoms with van der Waals surface area (Å²) in [6.07, 6.45) is 5.85. The predicted octanol–water partition coefficient (Wildman–Crippen LogP) is 3.15. The van der Waals surface area contributed by atoms with Gasteiger partial charge in [-0.25, -0.2) is 9.97 Å². The zero-order valence-electron chi connectivity index (χ0n) is 12.9. The van der Waals surface area contributed by atoms with Crippen molar-refractivity contribution >= 4 is 16.8 Å². The van der Waals surface area contributed by atoms with E-state index in [1.54, 1.807) is 6.20 Å². The number of rotatable bonds is 4. The van der Waals surface area contributed by atoms with Gasteiger partial charge in [-0.3, -0.25) is 4.79 Å². The molecule has 5 heteroatoms. The average molecular weight is 306 g/mol. The van der Waals surface area contributed by atoms with Crippen LogP contribution in [0.15, 0.2) is 42.7 Å². The number of carbonyl (C=O) groups is 1. The first-order valence-electron chi connectivity index (χ1n) is 7.88. The number of benzene rings is 1. The van der Waals surface area contributed by atoms with Crippen molar-refractivity contribution in [2.75, 3.05) is 0 Å². The molecule has 1 atom stereocenters. The largest absolute Gasteiger partial charge is 0.361 e. The Kier molecular flexibility index (Phi) is 3.33. The quantitative estimate of drug-likeness (QED) is 0.778. The zero-order valence-corrected chi connectivity index (χ0v) is 12.9. The van der Waals surface area contributed by atoms with Gasteiger partial charge < -0.3 is 10.3 Å². The van der Waals surface area contributed by atoms with Crippen molar-refractivity contribution in [3.63, 3.8) is 0 Å². The van der Waals surface area contributed by atoms with Crippen LogP contribution in [0.5, 0.6) is 0 Å². The van der Waals surface area contributed by atoms with Crippen LogP contribution in [0, 0.1) is 12.8 Å². The van der Waals surface area contributed by atoms with Crippen molar-refractivity contribution in [3.05, 3.63) is 59.8 Å².